The summed E-state index contributed by atoms with van der Waals surface area (Å²) in [7, 11) is -17.7. The Labute approximate surface area is 499 Å². The van der Waals surface area contributed by atoms with Gasteiger partial charge in [0.05, 0.1) is 28.4 Å². The normalized spacial score (nSPS) is 15.3. The van der Waals surface area contributed by atoms with Gasteiger partial charge in [0.15, 0.2) is 5.71 Å². The van der Waals surface area contributed by atoms with E-state index in [0.29, 0.717) is 54.6 Å². The molecular weight excluding hydrogens is 1200 g/mol. The van der Waals surface area contributed by atoms with Crippen molar-refractivity contribution in [1.82, 2.24) is 31.2 Å². The van der Waals surface area contributed by atoms with Crippen LogP contribution >= 0.6 is 0 Å². The van der Waals surface area contributed by atoms with E-state index in [-0.39, 0.29) is 29.2 Å². The van der Waals surface area contributed by atoms with Gasteiger partial charge in [0.1, 0.15) is 29.3 Å². The summed E-state index contributed by atoms with van der Waals surface area (Å²) in [5.74, 6) is -7.56. The molecule has 2 aromatic carbocycles. The van der Waals surface area contributed by atoms with Crippen LogP contribution < -0.4 is 26.2 Å². The van der Waals surface area contributed by atoms with Gasteiger partial charge in [-0.3, -0.25) is 42.2 Å². The fourth-order valence-corrected chi connectivity index (χ4v) is 11.3. The number of benzene rings is 2. The van der Waals surface area contributed by atoms with Crippen molar-refractivity contribution in [3.8, 4) is 22.3 Å². The molecule has 6 rings (SSSR count). The summed E-state index contributed by atoms with van der Waals surface area (Å²) >= 11 is 0. The number of carbonyl (C=O) groups is 5. The number of allylic oxidation sites excluding steroid dienone is 6. The van der Waals surface area contributed by atoms with Crippen LogP contribution in [0, 0.1) is 0 Å². The van der Waals surface area contributed by atoms with Crippen molar-refractivity contribution >= 4 is 87.2 Å². The lowest BCUT2D eigenvalue weighted by atomic mass is 9.80. The molecule has 2 aliphatic rings. The zero-order valence-corrected chi connectivity index (χ0v) is 51.0. The molecule has 0 saturated carbocycles. The Bertz CT molecular complexity index is 3780. The Morgan fingerprint density at radius 1 is 0.547 bits per heavy atom. The first kappa shape index (κ1) is 67.5. The highest BCUT2D eigenvalue weighted by molar-refractivity contribution is 7.86. The number of carboxylic acid groups (broad SMARTS) is 1. The van der Waals surface area contributed by atoms with Gasteiger partial charge >= 0.3 is 5.97 Å². The molecule has 0 radical (unpaired) electrons. The van der Waals surface area contributed by atoms with Gasteiger partial charge in [0, 0.05) is 80.1 Å². The number of aromatic nitrogens is 2. The Balaban J connectivity index is 1.33. The minimum atomic E-state index is -4.44. The van der Waals surface area contributed by atoms with Gasteiger partial charge < -0.3 is 31.3 Å². The van der Waals surface area contributed by atoms with Crippen LogP contribution in [0.15, 0.2) is 96.7 Å². The van der Waals surface area contributed by atoms with Crippen molar-refractivity contribution in [3.05, 3.63) is 131 Å². The summed E-state index contributed by atoms with van der Waals surface area (Å²) in [5.41, 5.74) is 4.59. The molecule has 0 aliphatic carbocycles. The maximum Gasteiger partial charge on any atom is 0.303 e. The number of hydrogen-bond acceptors (Lipinski definition) is 16. The highest BCUT2D eigenvalue weighted by Gasteiger charge is 2.44. The molecule has 86 heavy (non-hydrogen) atoms. The van der Waals surface area contributed by atoms with E-state index in [9.17, 15) is 81.0 Å². The number of anilines is 1. The SMILES string of the molecule is CCC[N+]1=C(/C=C/C=C/C=C2/N(CCCCCC(=O)O)c3ccc(-c4cc(C(=O)NCCS(=O)(=O)O)nc(C(=O)NCCS(=O)(=O)O)c4)cc3C2(C)C)C(C)(C)c2cc(-c3cc(C(=O)NCCS(=O)(=O)O)nc(C(=O)NCCS(=O)(=O)O)c3)ccc21. The molecule has 26 nitrogen and oxygen atoms in total. The van der Waals surface area contributed by atoms with Gasteiger partial charge in [0.2, 0.25) is 5.69 Å². The zero-order valence-electron chi connectivity index (χ0n) is 47.7. The quantitative estimate of drug-likeness (QED) is 0.0156. The summed E-state index contributed by atoms with van der Waals surface area (Å²) in [6.45, 7) is 9.40. The summed E-state index contributed by atoms with van der Waals surface area (Å²) < 4.78 is 130. The van der Waals surface area contributed by atoms with Gasteiger partial charge in [-0.15, -0.1) is 0 Å². The van der Waals surface area contributed by atoms with Crippen LogP contribution in [0.1, 0.15) is 120 Å². The van der Waals surface area contributed by atoms with Gasteiger partial charge in [0.25, 0.3) is 64.1 Å². The van der Waals surface area contributed by atoms with Crippen LogP contribution in [0.4, 0.5) is 11.4 Å². The molecule has 0 atom stereocenters. The van der Waals surface area contributed by atoms with Crippen LogP contribution in [-0.4, -0.2) is 169 Å². The van der Waals surface area contributed by atoms with Crippen molar-refractivity contribution in [2.45, 2.75) is 77.6 Å². The van der Waals surface area contributed by atoms with Crippen molar-refractivity contribution in [3.63, 3.8) is 0 Å². The van der Waals surface area contributed by atoms with E-state index in [0.717, 1.165) is 40.3 Å². The smallest absolute Gasteiger partial charge is 0.303 e. The van der Waals surface area contributed by atoms with E-state index in [1.165, 1.54) is 24.3 Å². The monoisotopic (exact) mass is 1270 g/mol. The number of pyridine rings is 2. The first-order valence-electron chi connectivity index (χ1n) is 27.1. The van der Waals surface area contributed by atoms with Crippen LogP contribution in [0.5, 0.6) is 0 Å². The number of carbonyl (C=O) groups excluding carboxylic acids is 4. The van der Waals surface area contributed by atoms with Gasteiger partial charge in [-0.25, -0.2) is 9.97 Å². The first-order valence-corrected chi connectivity index (χ1v) is 33.5. The highest BCUT2D eigenvalue weighted by atomic mass is 32.2. The minimum absolute atomic E-state index is 0.0121. The average Bonchev–Trinajstić information content (AvgIpc) is 1.97. The van der Waals surface area contributed by atoms with E-state index in [1.807, 2.05) is 89.3 Å². The molecule has 30 heteroatoms. The van der Waals surface area contributed by atoms with Crippen LogP contribution in [0.2, 0.25) is 0 Å². The van der Waals surface area contributed by atoms with Crippen LogP contribution in [0.25, 0.3) is 22.3 Å². The zero-order chi connectivity index (χ0) is 63.6. The van der Waals surface area contributed by atoms with Gasteiger partial charge in [-0.1, -0.05) is 51.5 Å². The Morgan fingerprint density at radius 2 is 0.977 bits per heavy atom. The average molecular weight is 1270 g/mol. The van der Waals surface area contributed by atoms with Gasteiger partial charge in [-0.2, -0.15) is 38.2 Å². The molecule has 0 spiro atoms. The van der Waals surface area contributed by atoms with Gasteiger partial charge in [-0.05, 0) is 109 Å². The second kappa shape index (κ2) is 27.8. The number of unbranched alkanes of at least 4 members (excludes halogenated alkanes) is 2. The molecule has 0 saturated heterocycles. The van der Waals surface area contributed by atoms with E-state index >= 15 is 0 Å². The minimum Gasteiger partial charge on any atom is -0.481 e. The standard InChI is InChI=1S/C56H68N8O18S4/c1-6-24-63-46-18-16-36(38-32-42(51(67)57-20-26-83(71,72)73)61-43(33-38)52(68)58-21-27-84(74,75)76)30-40(46)55(2,3)48(63)13-9-7-10-14-49-56(4,5)41-31-37(17-19-47(41)64(49)25-12-8-11-15-50(65)66)39-34-44(53(69)59-22-28-85(77,78)79)62-45(35-39)54(70)60-23-29-86(80,81)82/h7,9-10,13-14,16-19,30-35H,6,8,11-12,15,20-29H2,1-5H3,(H8-,57,58,59,60,65,66,67,68,69,70,71,72,73,74,75,76,77,78,79,80,81,82)/p+1. The number of carboxylic acids is 1. The summed E-state index contributed by atoms with van der Waals surface area (Å²) in [4.78, 5) is 75.1. The Kier molecular flexibility index (Phi) is 21.9. The van der Waals surface area contributed by atoms with Crippen LogP contribution in [0.3, 0.4) is 0 Å². The lowest BCUT2D eigenvalue weighted by Crippen LogP contribution is -2.32. The van der Waals surface area contributed by atoms with E-state index in [2.05, 4.69) is 40.7 Å². The maximum atomic E-state index is 13.3. The summed E-state index contributed by atoms with van der Waals surface area (Å²) in [6.07, 6.45) is 12.2. The lowest BCUT2D eigenvalue weighted by molar-refractivity contribution is -0.437. The molecule has 2 aromatic heterocycles. The predicted molar refractivity (Wildman–Crippen MR) is 320 cm³/mol. The number of nitrogens with zero attached hydrogens (tertiary/aromatic N) is 4. The maximum absolute atomic E-state index is 13.3. The lowest BCUT2D eigenvalue weighted by Gasteiger charge is -2.27. The largest absolute Gasteiger partial charge is 0.481 e. The van der Waals surface area contributed by atoms with E-state index < -0.39 is 130 Å². The van der Waals surface area contributed by atoms with Crippen molar-refractivity contribution in [1.29, 1.82) is 0 Å². The fourth-order valence-electron chi connectivity index (χ4n) is 9.89. The van der Waals surface area contributed by atoms with Crippen molar-refractivity contribution < 1.29 is 85.5 Å². The molecule has 0 fully saturated rings. The van der Waals surface area contributed by atoms with E-state index in [1.54, 1.807) is 12.1 Å². The molecule has 0 unspecified atom stereocenters. The third-order valence-corrected chi connectivity index (χ3v) is 16.9. The third kappa shape index (κ3) is 18.5. The molecule has 4 amide bonds. The van der Waals surface area contributed by atoms with Crippen molar-refractivity contribution in [2.75, 3.05) is 67.2 Å². The van der Waals surface area contributed by atoms with Crippen LogP contribution in [-0.2, 0) is 56.1 Å². The molecule has 4 heterocycles. The summed E-state index contributed by atoms with van der Waals surface area (Å²) in [6, 6.07) is 16.8. The topological polar surface area (TPSA) is 403 Å². The van der Waals surface area contributed by atoms with Crippen molar-refractivity contribution in [2.24, 2.45) is 0 Å². The first-order chi connectivity index (χ1) is 40.1. The number of nitrogens with one attached hydrogen (secondary N) is 4. The van der Waals surface area contributed by atoms with E-state index in [4.69, 9.17) is 0 Å². The molecular formula is C56H69N8O18S4+. The second-order valence-corrected chi connectivity index (χ2v) is 27.6. The molecule has 2 aliphatic heterocycles. The molecule has 9 N–H and O–H groups in total. The molecule has 0 bridgehead atoms. The number of amides is 4. The number of aliphatic carboxylic acids is 1. The Hall–Kier alpha value is -7.58. The Morgan fingerprint density at radius 3 is 1.40 bits per heavy atom. The second-order valence-electron chi connectivity index (χ2n) is 21.3. The third-order valence-electron chi connectivity index (χ3n) is 14.1. The highest BCUT2D eigenvalue weighted by Crippen LogP contribution is 2.49. The fraction of sp³-hybridized carbons (Fsp3) is 0.393. The number of rotatable bonds is 29. The number of hydrogen-bond donors (Lipinski definition) is 9. The molecule has 4 aromatic rings. The predicted octanol–water partition coefficient (Wildman–Crippen LogP) is 4.51. The summed E-state index contributed by atoms with van der Waals surface area (Å²) in [5, 5.41) is 18.7. The number of fused-ring (bicyclic) bond motifs is 2. The molecule has 464 valence electrons.